The Labute approximate surface area is 111 Å². The Balaban J connectivity index is 2.10. The van der Waals surface area contributed by atoms with E-state index in [0.717, 1.165) is 24.3 Å². The lowest BCUT2D eigenvalue weighted by atomic mass is 10.2. The Morgan fingerprint density at radius 3 is 2.25 bits per heavy atom. The maximum absolute atomic E-state index is 12.4. The molecule has 2 aromatic rings. The molecule has 0 bridgehead atoms. The number of rotatable bonds is 3. The van der Waals surface area contributed by atoms with E-state index in [4.69, 9.17) is 0 Å². The van der Waals surface area contributed by atoms with Crippen molar-refractivity contribution < 1.29 is 22.8 Å². The number of carbonyl (C=O) groups is 2. The van der Waals surface area contributed by atoms with Crippen LogP contribution in [0.2, 0.25) is 0 Å². The second kappa shape index (κ2) is 5.20. The van der Waals surface area contributed by atoms with Crippen molar-refractivity contribution in [2.24, 2.45) is 0 Å². The number of amides is 1. The normalized spacial score (nSPS) is 11.2. The molecule has 0 fully saturated rings. The van der Waals surface area contributed by atoms with Crippen LogP contribution < -0.4 is 5.32 Å². The van der Waals surface area contributed by atoms with Crippen molar-refractivity contribution in [3.05, 3.63) is 53.3 Å². The first-order valence-corrected chi connectivity index (χ1v) is 5.53. The number of alkyl halides is 3. The fraction of sp³-hybridized carbons (Fsp3) is 0.0769. The van der Waals surface area contributed by atoms with E-state index in [1.54, 1.807) is 0 Å². The van der Waals surface area contributed by atoms with E-state index in [-0.39, 0.29) is 17.1 Å². The number of aldehydes is 1. The molecule has 1 heterocycles. The van der Waals surface area contributed by atoms with Gasteiger partial charge in [-0.15, -0.1) is 0 Å². The summed E-state index contributed by atoms with van der Waals surface area (Å²) in [6.07, 6.45) is -3.87. The first kappa shape index (κ1) is 13.9. The van der Waals surface area contributed by atoms with E-state index < -0.39 is 17.6 Å². The highest BCUT2D eigenvalue weighted by atomic mass is 19.4. The number of aromatic amines is 1. The molecule has 2 rings (SSSR count). The van der Waals surface area contributed by atoms with Gasteiger partial charge in [-0.3, -0.25) is 9.59 Å². The molecule has 0 saturated heterocycles. The van der Waals surface area contributed by atoms with Gasteiger partial charge in [-0.1, -0.05) is 0 Å². The lowest BCUT2D eigenvalue weighted by Gasteiger charge is -2.08. The Kier molecular flexibility index (Phi) is 3.60. The summed E-state index contributed by atoms with van der Waals surface area (Å²) in [6, 6.07) is 6.90. The summed E-state index contributed by atoms with van der Waals surface area (Å²) in [6.45, 7) is 0. The molecule has 0 radical (unpaired) electrons. The number of nitrogens with one attached hydrogen (secondary N) is 2. The number of hydrogen-bond donors (Lipinski definition) is 2. The number of hydrogen-bond acceptors (Lipinski definition) is 2. The van der Waals surface area contributed by atoms with Gasteiger partial charge in [0.25, 0.3) is 5.91 Å². The van der Waals surface area contributed by atoms with Crippen LogP contribution in [0.5, 0.6) is 0 Å². The van der Waals surface area contributed by atoms with E-state index in [9.17, 15) is 22.8 Å². The van der Waals surface area contributed by atoms with Crippen LogP contribution in [0.3, 0.4) is 0 Å². The van der Waals surface area contributed by atoms with Crippen molar-refractivity contribution >= 4 is 17.9 Å². The molecule has 0 spiro atoms. The Morgan fingerprint density at radius 1 is 1.10 bits per heavy atom. The van der Waals surface area contributed by atoms with Gasteiger partial charge in [0.05, 0.1) is 11.3 Å². The van der Waals surface area contributed by atoms with Gasteiger partial charge >= 0.3 is 6.18 Å². The van der Waals surface area contributed by atoms with Crippen molar-refractivity contribution in [2.45, 2.75) is 6.18 Å². The molecule has 0 aliphatic heterocycles. The second-order valence-corrected chi connectivity index (χ2v) is 3.97. The molecule has 104 valence electrons. The van der Waals surface area contributed by atoms with Gasteiger partial charge in [0.1, 0.15) is 5.69 Å². The van der Waals surface area contributed by atoms with Crippen molar-refractivity contribution in [1.82, 2.24) is 4.98 Å². The molecule has 2 N–H and O–H groups in total. The van der Waals surface area contributed by atoms with E-state index >= 15 is 0 Å². The first-order valence-electron chi connectivity index (χ1n) is 5.53. The van der Waals surface area contributed by atoms with Gasteiger partial charge in [-0.2, -0.15) is 13.2 Å². The Bertz CT molecular complexity index is 630. The molecule has 20 heavy (non-hydrogen) atoms. The lowest BCUT2D eigenvalue weighted by Crippen LogP contribution is -2.13. The van der Waals surface area contributed by atoms with E-state index in [2.05, 4.69) is 10.3 Å². The molecule has 1 amide bonds. The second-order valence-electron chi connectivity index (χ2n) is 3.97. The zero-order valence-corrected chi connectivity index (χ0v) is 9.99. The third kappa shape index (κ3) is 3.05. The van der Waals surface area contributed by atoms with Crippen molar-refractivity contribution in [3.63, 3.8) is 0 Å². The molecular weight excluding hydrogens is 273 g/mol. The van der Waals surface area contributed by atoms with Crippen LogP contribution in [0.15, 0.2) is 36.4 Å². The van der Waals surface area contributed by atoms with Gasteiger partial charge in [0.2, 0.25) is 0 Å². The van der Waals surface area contributed by atoms with Crippen LogP contribution in [0, 0.1) is 0 Å². The predicted molar refractivity (Wildman–Crippen MR) is 65.6 cm³/mol. The maximum atomic E-state index is 12.4. The van der Waals surface area contributed by atoms with Gasteiger partial charge < -0.3 is 10.3 Å². The minimum atomic E-state index is -4.42. The number of benzene rings is 1. The molecule has 1 aromatic carbocycles. The number of carbonyl (C=O) groups excluding carboxylic acids is 2. The van der Waals surface area contributed by atoms with Gasteiger partial charge in [0, 0.05) is 5.69 Å². The third-order valence-electron chi connectivity index (χ3n) is 2.55. The van der Waals surface area contributed by atoms with E-state index in [1.165, 1.54) is 12.1 Å². The van der Waals surface area contributed by atoms with Crippen molar-refractivity contribution in [2.75, 3.05) is 5.32 Å². The number of halogens is 3. The molecule has 0 aliphatic rings. The van der Waals surface area contributed by atoms with E-state index in [1.807, 2.05) is 0 Å². The average Bonchev–Trinajstić information content (AvgIpc) is 2.87. The standard InChI is InChI=1S/C13H9F3N2O2/c14-13(15,16)8-1-3-9(4-2-8)18-12(20)11-6-5-10(7-19)17-11/h1-7,17H,(H,18,20). The van der Waals surface area contributed by atoms with E-state index in [0.29, 0.717) is 6.29 Å². The molecule has 7 heteroatoms. The Morgan fingerprint density at radius 2 is 1.75 bits per heavy atom. The summed E-state index contributed by atoms with van der Waals surface area (Å²) in [4.78, 5) is 24.8. The van der Waals surface area contributed by atoms with Gasteiger partial charge in [0.15, 0.2) is 6.29 Å². The summed E-state index contributed by atoms with van der Waals surface area (Å²) in [7, 11) is 0. The largest absolute Gasteiger partial charge is 0.416 e. The van der Waals surface area contributed by atoms with Crippen LogP contribution in [0.4, 0.5) is 18.9 Å². The summed E-state index contributed by atoms with van der Waals surface area (Å²) < 4.78 is 37.1. The number of H-pyrrole nitrogens is 1. The van der Waals surface area contributed by atoms with Crippen LogP contribution in [0.25, 0.3) is 0 Å². The van der Waals surface area contributed by atoms with Crippen molar-refractivity contribution in [1.29, 1.82) is 0 Å². The van der Waals surface area contributed by atoms with Crippen LogP contribution in [-0.4, -0.2) is 17.2 Å². The summed E-state index contributed by atoms with van der Waals surface area (Å²) >= 11 is 0. The highest BCUT2D eigenvalue weighted by Crippen LogP contribution is 2.29. The summed E-state index contributed by atoms with van der Waals surface area (Å²) in [5, 5.41) is 2.42. The molecule has 0 atom stereocenters. The van der Waals surface area contributed by atoms with Crippen molar-refractivity contribution in [3.8, 4) is 0 Å². The first-order chi connectivity index (χ1) is 9.40. The number of anilines is 1. The number of aromatic nitrogens is 1. The molecule has 0 unspecified atom stereocenters. The fourth-order valence-corrected chi connectivity index (χ4v) is 1.55. The summed E-state index contributed by atoms with van der Waals surface area (Å²) in [5.41, 5.74) is -0.182. The monoisotopic (exact) mass is 282 g/mol. The fourth-order valence-electron chi connectivity index (χ4n) is 1.55. The van der Waals surface area contributed by atoms with Crippen LogP contribution in [-0.2, 0) is 6.18 Å². The van der Waals surface area contributed by atoms with Gasteiger partial charge in [-0.25, -0.2) is 0 Å². The van der Waals surface area contributed by atoms with Crippen LogP contribution in [0.1, 0.15) is 26.5 Å². The SMILES string of the molecule is O=Cc1ccc(C(=O)Nc2ccc(C(F)(F)F)cc2)[nH]1. The zero-order valence-electron chi connectivity index (χ0n) is 9.99. The minimum absolute atomic E-state index is 0.145. The third-order valence-corrected chi connectivity index (χ3v) is 2.55. The predicted octanol–water partition coefficient (Wildman–Crippen LogP) is 3.10. The lowest BCUT2D eigenvalue weighted by molar-refractivity contribution is -0.137. The quantitative estimate of drug-likeness (QED) is 0.850. The van der Waals surface area contributed by atoms with Crippen LogP contribution >= 0.6 is 0 Å². The highest BCUT2D eigenvalue weighted by molar-refractivity contribution is 6.03. The summed E-state index contributed by atoms with van der Waals surface area (Å²) in [5.74, 6) is -0.544. The minimum Gasteiger partial charge on any atom is -0.348 e. The molecule has 0 aliphatic carbocycles. The molecular formula is C13H9F3N2O2. The zero-order chi connectivity index (χ0) is 14.8. The van der Waals surface area contributed by atoms with Gasteiger partial charge in [-0.05, 0) is 36.4 Å². The molecule has 0 saturated carbocycles. The average molecular weight is 282 g/mol. The maximum Gasteiger partial charge on any atom is 0.416 e. The molecule has 1 aromatic heterocycles. The molecule has 4 nitrogen and oxygen atoms in total. The smallest absolute Gasteiger partial charge is 0.348 e. The Hall–Kier alpha value is -2.57. The highest BCUT2D eigenvalue weighted by Gasteiger charge is 2.29. The topological polar surface area (TPSA) is 62.0 Å².